The maximum atomic E-state index is 12.9. The highest BCUT2D eigenvalue weighted by Gasteiger charge is 2.19. The highest BCUT2D eigenvalue weighted by molar-refractivity contribution is 5.71. The number of hydrogen-bond acceptors (Lipinski definition) is 6. The van der Waals surface area contributed by atoms with Gasteiger partial charge in [0.1, 0.15) is 13.2 Å². The summed E-state index contributed by atoms with van der Waals surface area (Å²) < 4.78 is 16.9. The van der Waals surface area contributed by atoms with Crippen LogP contribution in [0, 0.1) is 0 Å². The van der Waals surface area contributed by atoms with Crippen molar-refractivity contribution in [3.8, 4) is 0 Å². The van der Waals surface area contributed by atoms with Crippen LogP contribution in [0.1, 0.15) is 284 Å². The van der Waals surface area contributed by atoms with Crippen molar-refractivity contribution in [2.24, 2.45) is 0 Å². The molecule has 0 N–H and O–H groups in total. The first-order valence-corrected chi connectivity index (χ1v) is 33.5. The summed E-state index contributed by atoms with van der Waals surface area (Å²) in [6.07, 6.45) is 99.7. The van der Waals surface area contributed by atoms with Crippen LogP contribution < -0.4 is 0 Å². The van der Waals surface area contributed by atoms with Crippen molar-refractivity contribution in [2.75, 3.05) is 13.2 Å². The molecule has 82 heavy (non-hydrogen) atoms. The quantitative estimate of drug-likeness (QED) is 0.0261. The Kier molecular flexibility index (Phi) is 64.4. The molecule has 1 unspecified atom stereocenters. The van der Waals surface area contributed by atoms with Gasteiger partial charge in [0.05, 0.1) is 0 Å². The Labute approximate surface area is 505 Å². The minimum Gasteiger partial charge on any atom is -0.462 e. The Morgan fingerprint density at radius 3 is 0.756 bits per heavy atom. The molecule has 0 aromatic rings. The van der Waals surface area contributed by atoms with Crippen LogP contribution in [0.15, 0.2) is 158 Å². The van der Waals surface area contributed by atoms with Gasteiger partial charge in [0, 0.05) is 19.3 Å². The summed E-state index contributed by atoms with van der Waals surface area (Å²) in [5.41, 5.74) is 0. The van der Waals surface area contributed by atoms with Gasteiger partial charge in [-0.05, 0) is 148 Å². The normalized spacial score (nSPS) is 13.2. The summed E-state index contributed by atoms with van der Waals surface area (Å²) in [5.74, 6) is -0.934. The minimum absolute atomic E-state index is 0.0972. The third-order valence-electron chi connectivity index (χ3n) is 13.7. The third kappa shape index (κ3) is 65.8. The first-order valence-electron chi connectivity index (χ1n) is 33.5. The molecular weight excluding hydrogens is 1010 g/mol. The first kappa shape index (κ1) is 77.0. The highest BCUT2D eigenvalue weighted by atomic mass is 16.6. The van der Waals surface area contributed by atoms with Crippen molar-refractivity contribution in [3.63, 3.8) is 0 Å². The van der Waals surface area contributed by atoms with E-state index in [1.54, 1.807) is 0 Å². The molecule has 462 valence electrons. The Morgan fingerprint density at radius 1 is 0.256 bits per heavy atom. The van der Waals surface area contributed by atoms with Crippen LogP contribution in [0.4, 0.5) is 0 Å². The molecule has 0 aliphatic rings. The lowest BCUT2D eigenvalue weighted by molar-refractivity contribution is -0.167. The molecule has 6 heteroatoms. The average Bonchev–Trinajstić information content (AvgIpc) is 3.48. The Hall–Kier alpha value is -4.97. The zero-order valence-electron chi connectivity index (χ0n) is 52.9. The molecule has 0 spiro atoms. The maximum absolute atomic E-state index is 12.9. The fraction of sp³-hybridized carbons (Fsp3) is 0.618. The second-order valence-electron chi connectivity index (χ2n) is 21.6. The van der Waals surface area contributed by atoms with Crippen molar-refractivity contribution >= 4 is 17.9 Å². The summed E-state index contributed by atoms with van der Waals surface area (Å²) in [6.45, 7) is 6.37. The molecule has 0 saturated carbocycles. The van der Waals surface area contributed by atoms with Crippen molar-refractivity contribution in [2.45, 2.75) is 290 Å². The van der Waals surface area contributed by atoms with E-state index in [1.807, 2.05) is 0 Å². The molecule has 0 saturated heterocycles. The molecule has 0 heterocycles. The van der Waals surface area contributed by atoms with Gasteiger partial charge in [-0.2, -0.15) is 0 Å². The van der Waals surface area contributed by atoms with Gasteiger partial charge >= 0.3 is 17.9 Å². The van der Waals surface area contributed by atoms with Crippen molar-refractivity contribution in [1.29, 1.82) is 0 Å². The fourth-order valence-electron chi connectivity index (χ4n) is 8.80. The Morgan fingerprint density at radius 2 is 0.476 bits per heavy atom. The van der Waals surface area contributed by atoms with E-state index in [0.717, 1.165) is 173 Å². The minimum atomic E-state index is -0.802. The van der Waals surface area contributed by atoms with E-state index < -0.39 is 6.10 Å². The van der Waals surface area contributed by atoms with Gasteiger partial charge in [0.2, 0.25) is 0 Å². The number of carbonyl (C=O) groups is 3. The molecule has 0 rings (SSSR count). The number of esters is 3. The zero-order valence-corrected chi connectivity index (χ0v) is 52.9. The van der Waals surface area contributed by atoms with Crippen molar-refractivity contribution in [3.05, 3.63) is 158 Å². The molecule has 0 amide bonds. The van der Waals surface area contributed by atoms with E-state index in [2.05, 4.69) is 179 Å². The van der Waals surface area contributed by atoms with Gasteiger partial charge in [0.25, 0.3) is 0 Å². The number of rotatable bonds is 59. The van der Waals surface area contributed by atoms with Crippen LogP contribution in [-0.4, -0.2) is 37.2 Å². The van der Waals surface area contributed by atoms with Gasteiger partial charge in [-0.3, -0.25) is 14.4 Å². The lowest BCUT2D eigenvalue weighted by atomic mass is 10.1. The molecule has 0 bridgehead atoms. The van der Waals surface area contributed by atoms with Crippen LogP contribution in [-0.2, 0) is 28.6 Å². The molecule has 1 atom stereocenters. The topological polar surface area (TPSA) is 78.9 Å². The maximum Gasteiger partial charge on any atom is 0.306 e. The first-order chi connectivity index (χ1) is 40.5. The van der Waals surface area contributed by atoms with Gasteiger partial charge in [-0.25, -0.2) is 0 Å². The van der Waals surface area contributed by atoms with E-state index in [-0.39, 0.29) is 31.1 Å². The van der Waals surface area contributed by atoms with Gasteiger partial charge in [-0.15, -0.1) is 0 Å². The number of carbonyl (C=O) groups excluding carboxylic acids is 3. The SMILES string of the molecule is CC/C=C\C/C=C\C/C=C\C/C=C\C/C=C\C/C=C\C/C=C\C/C=C\C/C=C\CCCCCCCCCC(=O)OCC(COC(=O)CCCCCCC/C=C\CCCCCCC)OC(=O)CCCCCCC/C=C\C/C=C\C/C=C\CC. The Balaban J connectivity index is 4.30. The number of allylic oxidation sites excluding steroid dienone is 26. The molecule has 0 aliphatic heterocycles. The number of hydrogen-bond donors (Lipinski definition) is 0. The molecule has 0 aromatic carbocycles. The Bertz CT molecular complexity index is 1830. The zero-order chi connectivity index (χ0) is 59.2. The van der Waals surface area contributed by atoms with E-state index in [1.165, 1.54) is 70.6 Å². The monoisotopic (exact) mass is 1130 g/mol. The smallest absolute Gasteiger partial charge is 0.306 e. The number of ether oxygens (including phenoxy) is 3. The second kappa shape index (κ2) is 68.5. The van der Waals surface area contributed by atoms with Crippen LogP contribution in [0.2, 0.25) is 0 Å². The lowest BCUT2D eigenvalue weighted by Crippen LogP contribution is -2.30. The lowest BCUT2D eigenvalue weighted by Gasteiger charge is -2.18. The third-order valence-corrected chi connectivity index (χ3v) is 13.7. The number of unbranched alkanes of at least 4 members (excludes halogenated alkanes) is 22. The van der Waals surface area contributed by atoms with Crippen molar-refractivity contribution < 1.29 is 28.6 Å². The van der Waals surface area contributed by atoms with Crippen LogP contribution >= 0.6 is 0 Å². The van der Waals surface area contributed by atoms with Crippen LogP contribution in [0.25, 0.3) is 0 Å². The van der Waals surface area contributed by atoms with E-state index in [4.69, 9.17) is 14.2 Å². The predicted molar refractivity (Wildman–Crippen MR) is 357 cm³/mol. The standard InChI is InChI=1S/C76H122O6/c1-4-7-10-13-16-19-22-25-28-29-30-31-32-33-34-35-36-37-38-39-40-41-42-43-44-45-46-47-49-51-54-57-60-63-66-69-75(78)81-72-73(71-80-74(77)68-65-62-59-56-53-50-27-24-21-18-15-12-9-6-3)82-76(79)70-67-64-61-58-55-52-48-26-23-20-17-14-11-8-5-2/h7-8,10-11,16-17,19-20,24-28,30-31,33-34,36-37,39-40,42-43,45-46,48,73H,4-6,9,12-15,18,21-23,29,32,35,38,41,44,47,49-72H2,1-3H3/b10-7-,11-8-,19-16-,20-17-,27-24-,28-25-,31-30-,34-33-,37-36-,40-39-,43-42-,46-45-,48-26-. The summed E-state index contributed by atoms with van der Waals surface area (Å²) in [7, 11) is 0. The largest absolute Gasteiger partial charge is 0.462 e. The van der Waals surface area contributed by atoms with Gasteiger partial charge in [0.15, 0.2) is 6.10 Å². The van der Waals surface area contributed by atoms with E-state index in [0.29, 0.717) is 19.3 Å². The fourth-order valence-corrected chi connectivity index (χ4v) is 8.80. The summed E-state index contributed by atoms with van der Waals surface area (Å²) >= 11 is 0. The van der Waals surface area contributed by atoms with E-state index in [9.17, 15) is 14.4 Å². The van der Waals surface area contributed by atoms with Crippen LogP contribution in [0.3, 0.4) is 0 Å². The summed E-state index contributed by atoms with van der Waals surface area (Å²) in [6, 6.07) is 0. The predicted octanol–water partition coefficient (Wildman–Crippen LogP) is 23.3. The van der Waals surface area contributed by atoms with Gasteiger partial charge < -0.3 is 14.2 Å². The van der Waals surface area contributed by atoms with Gasteiger partial charge in [-0.1, -0.05) is 275 Å². The average molecular weight is 1130 g/mol. The summed E-state index contributed by atoms with van der Waals surface area (Å²) in [5, 5.41) is 0. The molecule has 0 radical (unpaired) electrons. The molecule has 0 aliphatic carbocycles. The highest BCUT2D eigenvalue weighted by Crippen LogP contribution is 2.14. The molecular formula is C76H122O6. The molecule has 0 fully saturated rings. The van der Waals surface area contributed by atoms with Crippen LogP contribution in [0.5, 0.6) is 0 Å². The molecule has 0 aromatic heterocycles. The van der Waals surface area contributed by atoms with Crippen molar-refractivity contribution in [1.82, 2.24) is 0 Å². The van der Waals surface area contributed by atoms with E-state index >= 15 is 0 Å². The molecule has 6 nitrogen and oxygen atoms in total. The summed E-state index contributed by atoms with van der Waals surface area (Å²) in [4.78, 5) is 38.3. The second-order valence-corrected chi connectivity index (χ2v) is 21.6.